The normalized spacial score (nSPS) is 17.6. The van der Waals surface area contributed by atoms with Crippen molar-refractivity contribution < 1.29 is 14.2 Å². The molecule has 0 saturated carbocycles. The molecule has 1 saturated heterocycles. The lowest BCUT2D eigenvalue weighted by molar-refractivity contribution is 0.0374. The maximum atomic E-state index is 13.1. The van der Waals surface area contributed by atoms with Gasteiger partial charge in [0.05, 0.1) is 18.2 Å². The van der Waals surface area contributed by atoms with Crippen LogP contribution in [-0.2, 0) is 6.42 Å². The van der Waals surface area contributed by atoms with Crippen molar-refractivity contribution in [1.82, 2.24) is 4.90 Å². The van der Waals surface area contributed by atoms with Crippen LogP contribution in [0, 0.1) is 11.7 Å². The minimum Gasteiger partial charge on any atom is -0.495 e. The largest absolute Gasteiger partial charge is 0.495 e. The van der Waals surface area contributed by atoms with E-state index >= 15 is 0 Å². The third-order valence-corrected chi connectivity index (χ3v) is 7.01. The number of benzene rings is 3. The number of aliphatic hydroxyl groups excluding tert-OH is 1. The molecule has 0 unspecified atom stereocenters. The first-order chi connectivity index (χ1) is 15.0. The van der Waals surface area contributed by atoms with Gasteiger partial charge in [-0.1, -0.05) is 41.9 Å². The summed E-state index contributed by atoms with van der Waals surface area (Å²) in [5, 5.41) is 13.6. The average Bonchev–Trinajstić information content (AvgIpc) is 2.80. The van der Waals surface area contributed by atoms with Crippen LogP contribution in [0.25, 0.3) is 10.8 Å². The Morgan fingerprint density at radius 1 is 1.10 bits per heavy atom. The van der Waals surface area contributed by atoms with Gasteiger partial charge in [0.25, 0.3) is 0 Å². The van der Waals surface area contributed by atoms with Crippen LogP contribution in [0.15, 0.2) is 54.6 Å². The highest BCUT2D eigenvalue weighted by Gasteiger charge is 2.28. The number of fused-ring (bicyclic) bond motifs is 1. The van der Waals surface area contributed by atoms with Gasteiger partial charge in [0.2, 0.25) is 0 Å². The van der Waals surface area contributed by atoms with E-state index in [1.54, 1.807) is 7.11 Å². The zero-order valence-corrected chi connectivity index (χ0v) is 18.8. The molecule has 3 aromatic rings. The molecular formula is C26H29ClFNO2. The molecule has 1 aliphatic rings. The topological polar surface area (TPSA) is 32.7 Å². The van der Waals surface area contributed by atoms with Crippen molar-refractivity contribution in [2.75, 3.05) is 20.2 Å². The Labute approximate surface area is 188 Å². The van der Waals surface area contributed by atoms with Gasteiger partial charge in [-0.15, -0.1) is 0 Å². The Kier molecular flexibility index (Phi) is 6.80. The van der Waals surface area contributed by atoms with Crippen molar-refractivity contribution in [3.63, 3.8) is 0 Å². The first-order valence-electron chi connectivity index (χ1n) is 10.9. The molecule has 1 heterocycles. The summed E-state index contributed by atoms with van der Waals surface area (Å²) >= 11 is 6.42. The number of methoxy groups -OCH3 is 1. The van der Waals surface area contributed by atoms with Crippen molar-refractivity contribution in [3.8, 4) is 5.75 Å². The van der Waals surface area contributed by atoms with Crippen LogP contribution in [0.3, 0.4) is 0 Å². The molecule has 0 amide bonds. The predicted molar refractivity (Wildman–Crippen MR) is 124 cm³/mol. The summed E-state index contributed by atoms with van der Waals surface area (Å²) < 4.78 is 18.4. The predicted octanol–water partition coefficient (Wildman–Crippen LogP) is 6.02. The van der Waals surface area contributed by atoms with Gasteiger partial charge < -0.3 is 9.84 Å². The fraction of sp³-hybridized carbons (Fsp3) is 0.385. The zero-order valence-electron chi connectivity index (χ0n) is 18.0. The van der Waals surface area contributed by atoms with Crippen LogP contribution in [0.1, 0.15) is 37.0 Å². The fourth-order valence-electron chi connectivity index (χ4n) is 4.63. The summed E-state index contributed by atoms with van der Waals surface area (Å²) in [6.07, 6.45) is 2.59. The summed E-state index contributed by atoms with van der Waals surface area (Å²) in [6, 6.07) is 16.6. The van der Waals surface area contributed by atoms with Crippen LogP contribution < -0.4 is 4.74 Å². The lowest BCUT2D eigenvalue weighted by atomic mass is 9.88. The Hall–Kier alpha value is -2.14. The molecule has 164 valence electrons. The minimum absolute atomic E-state index is 0.0259. The first kappa shape index (κ1) is 22.1. The number of likely N-dealkylation sites (tertiary alicyclic amines) is 1. The fourth-order valence-corrected chi connectivity index (χ4v) is 4.94. The van der Waals surface area contributed by atoms with Gasteiger partial charge in [-0.05, 0) is 86.0 Å². The molecule has 31 heavy (non-hydrogen) atoms. The smallest absolute Gasteiger partial charge is 0.138 e. The van der Waals surface area contributed by atoms with Crippen LogP contribution >= 0.6 is 11.6 Å². The average molecular weight is 442 g/mol. The molecule has 1 N–H and O–H groups in total. The summed E-state index contributed by atoms with van der Waals surface area (Å²) in [6.45, 7) is 4.01. The van der Waals surface area contributed by atoms with Gasteiger partial charge in [0.1, 0.15) is 11.6 Å². The monoisotopic (exact) mass is 441 g/mol. The highest BCUT2D eigenvalue weighted by Crippen LogP contribution is 2.35. The van der Waals surface area contributed by atoms with E-state index in [9.17, 15) is 9.50 Å². The zero-order chi connectivity index (χ0) is 22.0. The summed E-state index contributed by atoms with van der Waals surface area (Å²) in [7, 11) is 1.61. The van der Waals surface area contributed by atoms with Crippen molar-refractivity contribution >= 4 is 22.4 Å². The lowest BCUT2D eigenvalue weighted by Gasteiger charge is -2.38. The molecule has 0 radical (unpaired) electrons. The Morgan fingerprint density at radius 3 is 2.48 bits per heavy atom. The van der Waals surface area contributed by atoms with E-state index in [2.05, 4.69) is 11.8 Å². The number of piperidine rings is 1. The van der Waals surface area contributed by atoms with Gasteiger partial charge in [0.15, 0.2) is 0 Å². The Balaban J connectivity index is 1.39. The van der Waals surface area contributed by atoms with E-state index in [0.717, 1.165) is 48.7 Å². The molecule has 1 aliphatic heterocycles. The standard InChI is InChI=1S/C26H29ClFNO2/c1-17(29-13-11-19(12-14-29)15-18-3-7-22(28)8-4-18)26(30)21-5-9-23-20(16-21)6-10-24(31-2)25(23)27/h3-10,16-17,19,26,30H,11-15H2,1-2H3/t17-,26+/m1/s1. The summed E-state index contributed by atoms with van der Waals surface area (Å²) in [5.41, 5.74) is 2.09. The van der Waals surface area contributed by atoms with Crippen molar-refractivity contribution in [3.05, 3.63) is 76.6 Å². The Morgan fingerprint density at radius 2 is 1.81 bits per heavy atom. The molecule has 0 spiro atoms. The van der Waals surface area contributed by atoms with Crippen molar-refractivity contribution in [2.45, 2.75) is 38.3 Å². The van der Waals surface area contributed by atoms with E-state index in [1.807, 2.05) is 42.5 Å². The molecule has 0 bridgehead atoms. The van der Waals surface area contributed by atoms with E-state index in [4.69, 9.17) is 16.3 Å². The molecule has 4 rings (SSSR count). The minimum atomic E-state index is -0.570. The number of aliphatic hydroxyl groups is 1. The second kappa shape index (κ2) is 9.56. The molecule has 0 aliphatic carbocycles. The third-order valence-electron chi connectivity index (χ3n) is 6.62. The van der Waals surface area contributed by atoms with Crippen molar-refractivity contribution in [1.29, 1.82) is 0 Å². The van der Waals surface area contributed by atoms with E-state index in [0.29, 0.717) is 16.7 Å². The van der Waals surface area contributed by atoms with Crippen LogP contribution in [-0.4, -0.2) is 36.2 Å². The molecule has 3 aromatic carbocycles. The quantitative estimate of drug-likeness (QED) is 0.507. The van der Waals surface area contributed by atoms with Gasteiger partial charge >= 0.3 is 0 Å². The van der Waals surface area contributed by atoms with Crippen LogP contribution in [0.5, 0.6) is 5.75 Å². The first-order valence-corrected chi connectivity index (χ1v) is 11.3. The molecule has 3 nitrogen and oxygen atoms in total. The lowest BCUT2D eigenvalue weighted by Crippen LogP contribution is -2.43. The summed E-state index contributed by atoms with van der Waals surface area (Å²) in [5.74, 6) is 1.07. The number of nitrogens with zero attached hydrogens (tertiary/aromatic N) is 1. The van der Waals surface area contributed by atoms with Gasteiger partial charge in [-0.25, -0.2) is 4.39 Å². The highest BCUT2D eigenvalue weighted by atomic mass is 35.5. The maximum absolute atomic E-state index is 13.1. The molecular weight excluding hydrogens is 413 g/mol. The number of ether oxygens (including phenoxy) is 1. The number of hydrogen-bond donors (Lipinski definition) is 1. The number of rotatable bonds is 6. The SMILES string of the molecule is COc1ccc2cc([C@@H](O)[C@@H](C)N3CCC(Cc4ccc(F)cc4)CC3)ccc2c1Cl. The van der Waals surface area contributed by atoms with E-state index < -0.39 is 6.10 Å². The Bertz CT molecular complexity index is 1030. The summed E-state index contributed by atoms with van der Waals surface area (Å²) in [4.78, 5) is 2.37. The second-order valence-electron chi connectivity index (χ2n) is 8.56. The van der Waals surface area contributed by atoms with Crippen LogP contribution in [0.4, 0.5) is 4.39 Å². The van der Waals surface area contributed by atoms with Crippen LogP contribution in [0.2, 0.25) is 5.02 Å². The number of halogens is 2. The maximum Gasteiger partial charge on any atom is 0.138 e. The van der Waals surface area contributed by atoms with E-state index in [-0.39, 0.29) is 11.9 Å². The molecule has 5 heteroatoms. The van der Waals surface area contributed by atoms with Crippen molar-refractivity contribution in [2.24, 2.45) is 5.92 Å². The molecule has 1 fully saturated rings. The molecule has 2 atom stereocenters. The van der Waals surface area contributed by atoms with Gasteiger partial charge in [-0.2, -0.15) is 0 Å². The second-order valence-corrected chi connectivity index (χ2v) is 8.94. The van der Waals surface area contributed by atoms with Gasteiger partial charge in [0, 0.05) is 11.4 Å². The van der Waals surface area contributed by atoms with Gasteiger partial charge in [-0.3, -0.25) is 4.90 Å². The highest BCUT2D eigenvalue weighted by molar-refractivity contribution is 6.37. The third kappa shape index (κ3) is 4.87. The molecule has 0 aromatic heterocycles. The number of hydrogen-bond acceptors (Lipinski definition) is 3. The van der Waals surface area contributed by atoms with E-state index in [1.165, 1.54) is 17.7 Å².